The van der Waals surface area contributed by atoms with Gasteiger partial charge in [-0.3, -0.25) is 0 Å². The molecule has 4 aliphatic carbocycles. The lowest BCUT2D eigenvalue weighted by Gasteiger charge is -2.12. The van der Waals surface area contributed by atoms with Crippen LogP contribution in [-0.2, 0) is 25.7 Å². The summed E-state index contributed by atoms with van der Waals surface area (Å²) in [6.45, 7) is 0. The van der Waals surface area contributed by atoms with Crippen LogP contribution in [0.3, 0.4) is 0 Å². The van der Waals surface area contributed by atoms with Crippen molar-refractivity contribution >= 4 is 6.08 Å². The van der Waals surface area contributed by atoms with Crippen LogP contribution < -0.4 is 0 Å². The van der Waals surface area contributed by atoms with Gasteiger partial charge in [0.1, 0.15) is 0 Å². The fourth-order valence-electron chi connectivity index (χ4n) is 2.75. The lowest BCUT2D eigenvalue weighted by atomic mass is 9.93. The van der Waals surface area contributed by atoms with E-state index in [2.05, 4.69) is 48.5 Å². The minimum Gasteiger partial charge on any atom is -0.193 e. The molecular weight excluding hydrogens is 242 g/mol. The Morgan fingerprint density at radius 3 is 2.10 bits per heavy atom. The lowest BCUT2D eigenvalue weighted by molar-refractivity contribution is 0.919. The van der Waals surface area contributed by atoms with Crippen LogP contribution in [0.25, 0.3) is 6.08 Å². The van der Waals surface area contributed by atoms with Crippen molar-refractivity contribution in [2.24, 2.45) is 0 Å². The van der Waals surface area contributed by atoms with Gasteiger partial charge in [-0.2, -0.15) is 5.26 Å². The van der Waals surface area contributed by atoms with Crippen LogP contribution in [0.2, 0.25) is 0 Å². The Morgan fingerprint density at radius 2 is 1.40 bits per heavy atom. The number of rotatable bonds is 1. The molecule has 0 heterocycles. The van der Waals surface area contributed by atoms with Gasteiger partial charge in [0.2, 0.25) is 0 Å². The highest BCUT2D eigenvalue weighted by atomic mass is 14.2. The van der Waals surface area contributed by atoms with E-state index in [-0.39, 0.29) is 0 Å². The smallest absolute Gasteiger partial charge is 0.0912 e. The first-order valence-electron chi connectivity index (χ1n) is 7.11. The van der Waals surface area contributed by atoms with Crippen LogP contribution in [0.5, 0.6) is 0 Å². The molecule has 1 heteroatoms. The third kappa shape index (κ3) is 2.81. The van der Waals surface area contributed by atoms with Crippen LogP contribution in [0.1, 0.15) is 27.8 Å². The maximum absolute atomic E-state index is 8.74. The van der Waals surface area contributed by atoms with Crippen molar-refractivity contribution in [1.82, 2.24) is 0 Å². The monoisotopic (exact) mass is 259 g/mol. The average molecular weight is 259 g/mol. The fraction of sp³-hybridized carbons (Fsp3) is 0.211. The van der Waals surface area contributed by atoms with Gasteiger partial charge in [-0.25, -0.2) is 0 Å². The summed E-state index contributed by atoms with van der Waals surface area (Å²) >= 11 is 0. The van der Waals surface area contributed by atoms with E-state index in [0.717, 1.165) is 25.7 Å². The van der Waals surface area contributed by atoms with Crippen molar-refractivity contribution in [3.63, 3.8) is 0 Å². The van der Waals surface area contributed by atoms with Crippen LogP contribution in [0.15, 0.2) is 48.5 Å². The summed E-state index contributed by atoms with van der Waals surface area (Å²) in [5.41, 5.74) is 6.64. The first kappa shape index (κ1) is 12.7. The molecule has 0 saturated heterocycles. The predicted octanol–water partition coefficient (Wildman–Crippen LogP) is 4.11. The van der Waals surface area contributed by atoms with Crippen LogP contribution in [0.4, 0.5) is 0 Å². The lowest BCUT2D eigenvalue weighted by Crippen LogP contribution is -2.00. The normalized spacial score (nSPS) is 13.9. The van der Waals surface area contributed by atoms with Gasteiger partial charge in [0.25, 0.3) is 0 Å². The molecule has 2 aromatic carbocycles. The third-order valence-corrected chi connectivity index (χ3v) is 3.96. The first-order chi connectivity index (χ1) is 9.85. The molecule has 0 amide bonds. The Morgan fingerprint density at radius 1 is 0.800 bits per heavy atom. The summed E-state index contributed by atoms with van der Waals surface area (Å²) in [4.78, 5) is 0. The molecule has 20 heavy (non-hydrogen) atoms. The second kappa shape index (κ2) is 5.75. The first-order valence-corrected chi connectivity index (χ1v) is 7.11. The van der Waals surface area contributed by atoms with E-state index in [1.54, 1.807) is 6.08 Å². The summed E-state index contributed by atoms with van der Waals surface area (Å²) in [6.07, 6.45) is 7.69. The third-order valence-electron chi connectivity index (χ3n) is 3.96. The quantitative estimate of drug-likeness (QED) is 0.707. The highest BCUT2D eigenvalue weighted by Crippen LogP contribution is 2.20. The Labute approximate surface area is 120 Å². The highest BCUT2D eigenvalue weighted by molar-refractivity contribution is 5.57. The summed E-state index contributed by atoms with van der Waals surface area (Å²) in [7, 11) is 0. The highest BCUT2D eigenvalue weighted by Gasteiger charge is 2.06. The van der Waals surface area contributed by atoms with Crippen molar-refractivity contribution < 1.29 is 0 Å². The minimum atomic E-state index is 1.02. The van der Waals surface area contributed by atoms with Crippen molar-refractivity contribution in [1.29, 1.82) is 5.26 Å². The fourth-order valence-corrected chi connectivity index (χ4v) is 2.75. The number of nitriles is 1. The minimum absolute atomic E-state index is 1.02. The molecule has 0 unspecified atom stereocenters. The predicted molar refractivity (Wildman–Crippen MR) is 82.3 cm³/mol. The molecule has 6 rings (SSSR count). The summed E-state index contributed by atoms with van der Waals surface area (Å²) in [5.74, 6) is 0. The second-order valence-electron chi connectivity index (χ2n) is 5.31. The molecule has 0 N–H and O–H groups in total. The van der Waals surface area contributed by atoms with Gasteiger partial charge in [-0.1, -0.05) is 42.5 Å². The molecule has 1 nitrogen and oxygen atoms in total. The van der Waals surface area contributed by atoms with E-state index < -0.39 is 0 Å². The average Bonchev–Trinajstić information content (AvgIpc) is 2.48. The van der Waals surface area contributed by atoms with Gasteiger partial charge in [0.05, 0.1) is 6.07 Å². The molecule has 0 spiro atoms. The molecule has 0 fully saturated rings. The van der Waals surface area contributed by atoms with E-state index in [4.69, 9.17) is 5.26 Å². The largest absolute Gasteiger partial charge is 0.193 e. The van der Waals surface area contributed by atoms with Crippen LogP contribution in [0, 0.1) is 11.3 Å². The number of hydrogen-bond acceptors (Lipinski definition) is 1. The van der Waals surface area contributed by atoms with Crippen molar-refractivity contribution in [3.8, 4) is 6.07 Å². The molecule has 98 valence electrons. The van der Waals surface area contributed by atoms with E-state index in [1.165, 1.54) is 27.8 Å². The Kier molecular flexibility index (Phi) is 3.65. The Hall–Kier alpha value is -2.33. The van der Waals surface area contributed by atoms with E-state index in [9.17, 15) is 0 Å². The van der Waals surface area contributed by atoms with Gasteiger partial charge in [-0.05, 0) is 59.6 Å². The maximum atomic E-state index is 8.74. The van der Waals surface area contributed by atoms with Gasteiger partial charge >= 0.3 is 0 Å². The molecular formula is C19H17N. The Balaban J connectivity index is 2.00. The van der Waals surface area contributed by atoms with Crippen LogP contribution in [-0.4, -0.2) is 0 Å². The molecule has 0 saturated carbocycles. The van der Waals surface area contributed by atoms with Crippen molar-refractivity contribution in [2.75, 3.05) is 0 Å². The number of aryl methyl sites for hydroxylation is 4. The van der Waals surface area contributed by atoms with Gasteiger partial charge in [0, 0.05) is 6.08 Å². The number of hydrogen-bond donors (Lipinski definition) is 0. The molecule has 4 bridgehead atoms. The number of allylic oxidation sites excluding steroid dienone is 1. The van der Waals surface area contributed by atoms with Crippen LogP contribution >= 0.6 is 0 Å². The zero-order valence-electron chi connectivity index (χ0n) is 11.5. The molecule has 0 radical (unpaired) electrons. The van der Waals surface area contributed by atoms with Gasteiger partial charge in [-0.15, -0.1) is 0 Å². The number of benzene rings is 2. The molecule has 2 aromatic rings. The summed E-state index contributed by atoms with van der Waals surface area (Å²) in [5, 5.41) is 8.74. The van der Waals surface area contributed by atoms with Gasteiger partial charge < -0.3 is 0 Å². The standard InChI is InChI=1S/C19H17N/c20-13-1-2-19-14-17-8-7-15-3-5-16(6-4-15)9-11-18(19)12-10-17/h1-6,10,12,14H,7-9,11H2/b2-1+. The van der Waals surface area contributed by atoms with E-state index in [0.29, 0.717) is 0 Å². The van der Waals surface area contributed by atoms with Gasteiger partial charge in [0.15, 0.2) is 0 Å². The summed E-state index contributed by atoms with van der Waals surface area (Å²) < 4.78 is 0. The number of nitrogens with zero attached hydrogens (tertiary/aromatic N) is 1. The molecule has 0 aromatic heterocycles. The molecule has 4 aliphatic rings. The topological polar surface area (TPSA) is 23.8 Å². The molecule has 0 atom stereocenters. The summed E-state index contributed by atoms with van der Waals surface area (Å²) in [6, 6.07) is 17.8. The molecule has 0 aliphatic heterocycles. The zero-order chi connectivity index (χ0) is 13.8. The SMILES string of the molecule is N#C/C=C/c1cc2ccc1CCc1ccc(cc1)CC2. The maximum Gasteiger partial charge on any atom is 0.0912 e. The Bertz CT molecular complexity index is 672. The van der Waals surface area contributed by atoms with Crippen molar-refractivity contribution in [3.05, 3.63) is 76.4 Å². The van der Waals surface area contributed by atoms with Crippen molar-refractivity contribution in [2.45, 2.75) is 25.7 Å². The van der Waals surface area contributed by atoms with E-state index in [1.807, 2.05) is 6.08 Å². The zero-order valence-corrected chi connectivity index (χ0v) is 11.5. The second-order valence-corrected chi connectivity index (χ2v) is 5.31. The van der Waals surface area contributed by atoms with E-state index >= 15 is 0 Å².